The van der Waals surface area contributed by atoms with Gasteiger partial charge in [-0.15, -0.1) is 11.3 Å². The molecule has 2 aromatic heterocycles. The van der Waals surface area contributed by atoms with E-state index in [0.717, 1.165) is 27.8 Å². The molecular weight excluding hydrogens is 270 g/mol. The van der Waals surface area contributed by atoms with Gasteiger partial charge in [0.15, 0.2) is 5.13 Å². The highest BCUT2D eigenvalue weighted by molar-refractivity contribution is 7.14. The van der Waals surface area contributed by atoms with Crippen LogP contribution in [-0.2, 0) is 0 Å². The van der Waals surface area contributed by atoms with Crippen molar-refractivity contribution >= 4 is 22.2 Å². The van der Waals surface area contributed by atoms with Crippen molar-refractivity contribution in [3.63, 3.8) is 0 Å². The highest BCUT2D eigenvalue weighted by Gasteiger charge is 2.04. The van der Waals surface area contributed by atoms with Crippen LogP contribution in [0.3, 0.4) is 0 Å². The molecule has 2 heterocycles. The fraction of sp³-hybridized carbons (Fsp3) is 0.0667. The van der Waals surface area contributed by atoms with E-state index in [9.17, 15) is 0 Å². The first-order valence-electron chi connectivity index (χ1n) is 6.12. The number of anilines is 2. The van der Waals surface area contributed by atoms with Crippen LogP contribution in [0, 0.1) is 0 Å². The Labute approximate surface area is 121 Å². The van der Waals surface area contributed by atoms with Gasteiger partial charge in [-0.25, -0.2) is 4.98 Å². The molecule has 0 amide bonds. The number of hydrogen-bond donors (Lipinski definition) is 1. The van der Waals surface area contributed by atoms with Gasteiger partial charge >= 0.3 is 0 Å². The van der Waals surface area contributed by atoms with Gasteiger partial charge in [-0.3, -0.25) is 4.98 Å². The molecule has 1 N–H and O–H groups in total. The summed E-state index contributed by atoms with van der Waals surface area (Å²) < 4.78 is 5.13. The summed E-state index contributed by atoms with van der Waals surface area (Å²) in [5.74, 6) is 0.840. The molecule has 4 nitrogen and oxygen atoms in total. The Morgan fingerprint density at radius 1 is 1.05 bits per heavy atom. The monoisotopic (exact) mass is 283 g/mol. The molecule has 3 aromatic rings. The first kappa shape index (κ1) is 12.6. The quantitative estimate of drug-likeness (QED) is 0.787. The number of aromatic nitrogens is 2. The number of thiazole rings is 1. The third-order valence-corrected chi connectivity index (χ3v) is 3.58. The van der Waals surface area contributed by atoms with Gasteiger partial charge in [0.05, 0.1) is 12.8 Å². The Kier molecular flexibility index (Phi) is 3.60. The summed E-state index contributed by atoms with van der Waals surface area (Å²) >= 11 is 1.58. The number of methoxy groups -OCH3 is 1. The number of nitrogens with one attached hydrogen (secondary N) is 1. The van der Waals surface area contributed by atoms with Crippen molar-refractivity contribution in [3.05, 3.63) is 54.2 Å². The summed E-state index contributed by atoms with van der Waals surface area (Å²) in [5.41, 5.74) is 3.01. The molecule has 100 valence electrons. The van der Waals surface area contributed by atoms with Crippen LogP contribution in [0.25, 0.3) is 11.3 Å². The van der Waals surface area contributed by atoms with Crippen LogP contribution in [0.2, 0.25) is 0 Å². The van der Waals surface area contributed by atoms with Crippen LogP contribution >= 0.6 is 11.3 Å². The zero-order valence-electron chi connectivity index (χ0n) is 10.9. The predicted molar refractivity (Wildman–Crippen MR) is 81.6 cm³/mol. The SMILES string of the molecule is COc1ccc(Nc2nc(-c3ccncc3)cs2)cc1. The van der Waals surface area contributed by atoms with Crippen molar-refractivity contribution in [2.45, 2.75) is 0 Å². The van der Waals surface area contributed by atoms with E-state index in [0.29, 0.717) is 0 Å². The van der Waals surface area contributed by atoms with Gasteiger partial charge in [0.1, 0.15) is 5.75 Å². The maximum atomic E-state index is 5.13. The molecule has 0 unspecified atom stereocenters. The van der Waals surface area contributed by atoms with E-state index in [1.807, 2.05) is 41.8 Å². The minimum Gasteiger partial charge on any atom is -0.497 e. The molecule has 0 fully saturated rings. The lowest BCUT2D eigenvalue weighted by Gasteiger charge is -2.03. The number of nitrogens with zero attached hydrogens (tertiary/aromatic N) is 2. The lowest BCUT2D eigenvalue weighted by Crippen LogP contribution is -1.90. The predicted octanol–water partition coefficient (Wildman–Crippen LogP) is 3.96. The molecule has 0 aliphatic heterocycles. The Hall–Kier alpha value is -2.40. The van der Waals surface area contributed by atoms with Crippen LogP contribution in [-0.4, -0.2) is 17.1 Å². The van der Waals surface area contributed by atoms with Crippen molar-refractivity contribution in [1.82, 2.24) is 9.97 Å². The van der Waals surface area contributed by atoms with Crippen molar-refractivity contribution in [2.75, 3.05) is 12.4 Å². The fourth-order valence-electron chi connectivity index (χ4n) is 1.78. The van der Waals surface area contributed by atoms with Gasteiger partial charge in [0, 0.05) is 29.0 Å². The highest BCUT2D eigenvalue weighted by atomic mass is 32.1. The first-order valence-corrected chi connectivity index (χ1v) is 7.00. The van der Waals surface area contributed by atoms with Crippen molar-refractivity contribution in [2.24, 2.45) is 0 Å². The van der Waals surface area contributed by atoms with E-state index in [-0.39, 0.29) is 0 Å². The minimum absolute atomic E-state index is 0.840. The van der Waals surface area contributed by atoms with Crippen molar-refractivity contribution in [1.29, 1.82) is 0 Å². The van der Waals surface area contributed by atoms with Gasteiger partial charge in [-0.05, 0) is 36.4 Å². The summed E-state index contributed by atoms with van der Waals surface area (Å²) in [7, 11) is 1.66. The largest absolute Gasteiger partial charge is 0.497 e. The van der Waals surface area contributed by atoms with E-state index in [1.54, 1.807) is 30.8 Å². The van der Waals surface area contributed by atoms with Crippen LogP contribution in [0.1, 0.15) is 0 Å². The number of pyridine rings is 1. The summed E-state index contributed by atoms with van der Waals surface area (Å²) in [4.78, 5) is 8.58. The molecule has 0 spiro atoms. The Balaban J connectivity index is 1.77. The van der Waals surface area contributed by atoms with Crippen LogP contribution in [0.4, 0.5) is 10.8 Å². The van der Waals surface area contributed by atoms with Crippen LogP contribution < -0.4 is 10.1 Å². The van der Waals surface area contributed by atoms with E-state index < -0.39 is 0 Å². The van der Waals surface area contributed by atoms with E-state index in [4.69, 9.17) is 4.74 Å². The van der Waals surface area contributed by atoms with E-state index in [2.05, 4.69) is 15.3 Å². The smallest absolute Gasteiger partial charge is 0.187 e. The first-order chi connectivity index (χ1) is 9.85. The third kappa shape index (κ3) is 2.78. The molecule has 0 aliphatic rings. The average molecular weight is 283 g/mol. The fourth-order valence-corrected chi connectivity index (χ4v) is 2.52. The lowest BCUT2D eigenvalue weighted by atomic mass is 10.2. The molecule has 0 saturated carbocycles. The maximum absolute atomic E-state index is 5.13. The molecule has 5 heteroatoms. The third-order valence-electron chi connectivity index (χ3n) is 2.82. The molecule has 3 rings (SSSR count). The maximum Gasteiger partial charge on any atom is 0.187 e. The number of ether oxygens (including phenoxy) is 1. The normalized spacial score (nSPS) is 10.2. The van der Waals surface area contributed by atoms with Gasteiger partial charge in [-0.1, -0.05) is 0 Å². The second-order valence-corrected chi connectivity index (χ2v) is 4.99. The molecule has 20 heavy (non-hydrogen) atoms. The van der Waals surface area contributed by atoms with Gasteiger partial charge in [-0.2, -0.15) is 0 Å². The van der Waals surface area contributed by atoms with Gasteiger partial charge in [0.2, 0.25) is 0 Å². The van der Waals surface area contributed by atoms with Gasteiger partial charge < -0.3 is 10.1 Å². The standard InChI is InChI=1S/C15H13N3OS/c1-19-13-4-2-12(3-5-13)17-15-18-14(10-20-15)11-6-8-16-9-7-11/h2-10H,1H3,(H,17,18). The minimum atomic E-state index is 0.840. The molecule has 0 aliphatic carbocycles. The Morgan fingerprint density at radius 3 is 2.50 bits per heavy atom. The zero-order valence-corrected chi connectivity index (χ0v) is 11.7. The summed E-state index contributed by atoms with van der Waals surface area (Å²) in [6.07, 6.45) is 3.54. The molecule has 0 bridgehead atoms. The Morgan fingerprint density at radius 2 is 1.80 bits per heavy atom. The number of rotatable bonds is 4. The second kappa shape index (κ2) is 5.71. The van der Waals surface area contributed by atoms with E-state index >= 15 is 0 Å². The lowest BCUT2D eigenvalue weighted by molar-refractivity contribution is 0.415. The molecular formula is C15H13N3OS. The molecule has 0 radical (unpaired) electrons. The van der Waals surface area contributed by atoms with Crippen LogP contribution in [0.15, 0.2) is 54.2 Å². The summed E-state index contributed by atoms with van der Waals surface area (Å²) in [6, 6.07) is 11.7. The number of benzene rings is 1. The summed E-state index contributed by atoms with van der Waals surface area (Å²) in [6.45, 7) is 0. The van der Waals surface area contributed by atoms with Crippen molar-refractivity contribution < 1.29 is 4.74 Å². The molecule has 0 saturated heterocycles. The van der Waals surface area contributed by atoms with Crippen LogP contribution in [0.5, 0.6) is 5.75 Å². The van der Waals surface area contributed by atoms with Crippen molar-refractivity contribution in [3.8, 4) is 17.0 Å². The molecule has 0 atom stereocenters. The molecule has 1 aromatic carbocycles. The second-order valence-electron chi connectivity index (χ2n) is 4.13. The average Bonchev–Trinajstić information content (AvgIpc) is 2.97. The summed E-state index contributed by atoms with van der Waals surface area (Å²) in [5, 5.41) is 6.17. The highest BCUT2D eigenvalue weighted by Crippen LogP contribution is 2.27. The topological polar surface area (TPSA) is 47.0 Å². The number of hydrogen-bond acceptors (Lipinski definition) is 5. The zero-order chi connectivity index (χ0) is 13.8. The van der Waals surface area contributed by atoms with E-state index in [1.165, 1.54) is 0 Å². The van der Waals surface area contributed by atoms with Gasteiger partial charge in [0.25, 0.3) is 0 Å². The Bertz CT molecular complexity index is 680.